The molecule has 3 rings (SSSR count). The van der Waals surface area contributed by atoms with Gasteiger partial charge < -0.3 is 19.0 Å². The van der Waals surface area contributed by atoms with Gasteiger partial charge in [0.15, 0.2) is 5.76 Å². The molecule has 0 fully saturated rings. The fourth-order valence-corrected chi connectivity index (χ4v) is 2.08. The molecule has 0 saturated carbocycles. The molecular formula is C18H17N3O4. The number of hydrogen-bond acceptors (Lipinski definition) is 7. The molecule has 7 heteroatoms. The normalized spacial score (nSPS) is 10.9. The molecule has 0 unspecified atom stereocenters. The first kappa shape index (κ1) is 16.5. The van der Waals surface area contributed by atoms with E-state index in [1.54, 1.807) is 31.4 Å². The summed E-state index contributed by atoms with van der Waals surface area (Å²) in [7, 11) is 0. The lowest BCUT2D eigenvalue weighted by Gasteiger charge is -2.03. The Labute approximate surface area is 144 Å². The lowest BCUT2D eigenvalue weighted by molar-refractivity contribution is -0.137. The molecular weight excluding hydrogens is 322 g/mol. The first-order valence-corrected chi connectivity index (χ1v) is 7.80. The van der Waals surface area contributed by atoms with Crippen LogP contribution < -0.4 is 5.32 Å². The second-order valence-electron chi connectivity index (χ2n) is 5.05. The molecule has 0 amide bonds. The fourth-order valence-electron chi connectivity index (χ4n) is 2.08. The predicted octanol–water partition coefficient (Wildman–Crippen LogP) is 3.52. The van der Waals surface area contributed by atoms with Crippen LogP contribution in [0.1, 0.15) is 18.4 Å². The van der Waals surface area contributed by atoms with Crippen LogP contribution in [-0.4, -0.2) is 22.7 Å². The SMILES string of the molecule is CCOC(=O)/C=C/c1ccc(NCc2nc(-c3ccco3)no2)cc1. The Morgan fingerprint density at radius 3 is 2.84 bits per heavy atom. The Bertz CT molecular complexity index is 836. The van der Waals surface area contributed by atoms with E-state index in [2.05, 4.69) is 15.5 Å². The molecule has 2 aromatic heterocycles. The third kappa shape index (κ3) is 4.57. The van der Waals surface area contributed by atoms with Crippen LogP contribution in [-0.2, 0) is 16.1 Å². The van der Waals surface area contributed by atoms with Crippen molar-refractivity contribution in [3.63, 3.8) is 0 Å². The minimum atomic E-state index is -0.353. The highest BCUT2D eigenvalue weighted by atomic mass is 16.5. The molecule has 128 valence electrons. The van der Waals surface area contributed by atoms with E-state index in [0.717, 1.165) is 11.3 Å². The highest BCUT2D eigenvalue weighted by molar-refractivity contribution is 5.87. The van der Waals surface area contributed by atoms with E-state index in [1.165, 1.54) is 6.08 Å². The van der Waals surface area contributed by atoms with Crippen molar-refractivity contribution < 1.29 is 18.5 Å². The zero-order chi connectivity index (χ0) is 17.5. The summed E-state index contributed by atoms with van der Waals surface area (Å²) in [6.45, 7) is 2.53. The van der Waals surface area contributed by atoms with Gasteiger partial charge in [-0.05, 0) is 42.8 Å². The van der Waals surface area contributed by atoms with Crippen LogP contribution in [0.25, 0.3) is 17.7 Å². The monoisotopic (exact) mass is 339 g/mol. The molecule has 0 bridgehead atoms. The second-order valence-corrected chi connectivity index (χ2v) is 5.05. The molecule has 7 nitrogen and oxygen atoms in total. The number of aromatic nitrogens is 2. The maximum Gasteiger partial charge on any atom is 0.330 e. The summed E-state index contributed by atoms with van der Waals surface area (Å²) in [5.74, 6) is 1.08. The summed E-state index contributed by atoms with van der Waals surface area (Å²) < 4.78 is 15.2. The van der Waals surface area contributed by atoms with E-state index in [1.807, 2.05) is 24.3 Å². The van der Waals surface area contributed by atoms with Crippen LogP contribution in [0.2, 0.25) is 0 Å². The second kappa shape index (κ2) is 7.96. The summed E-state index contributed by atoms with van der Waals surface area (Å²) in [5.41, 5.74) is 1.79. The highest BCUT2D eigenvalue weighted by Gasteiger charge is 2.10. The van der Waals surface area contributed by atoms with E-state index >= 15 is 0 Å². The maximum absolute atomic E-state index is 11.3. The molecule has 0 aliphatic carbocycles. The number of nitrogens with zero attached hydrogens (tertiary/aromatic N) is 2. The summed E-state index contributed by atoms with van der Waals surface area (Å²) in [6.07, 6.45) is 4.66. The minimum absolute atomic E-state index is 0.353. The fraction of sp³-hybridized carbons (Fsp3) is 0.167. The Morgan fingerprint density at radius 1 is 1.28 bits per heavy atom. The lowest BCUT2D eigenvalue weighted by Crippen LogP contribution is -2.00. The molecule has 0 aliphatic heterocycles. The Morgan fingerprint density at radius 2 is 2.12 bits per heavy atom. The van der Waals surface area contributed by atoms with Crippen LogP contribution in [0.5, 0.6) is 0 Å². The average molecular weight is 339 g/mol. The van der Waals surface area contributed by atoms with Gasteiger partial charge in [-0.1, -0.05) is 17.3 Å². The minimum Gasteiger partial charge on any atom is -0.463 e. The number of anilines is 1. The molecule has 3 aromatic rings. The zero-order valence-corrected chi connectivity index (χ0v) is 13.6. The van der Waals surface area contributed by atoms with Crippen molar-refractivity contribution in [3.8, 4) is 11.6 Å². The van der Waals surface area contributed by atoms with E-state index in [4.69, 9.17) is 13.7 Å². The van der Waals surface area contributed by atoms with Gasteiger partial charge in [-0.25, -0.2) is 4.79 Å². The van der Waals surface area contributed by atoms with Gasteiger partial charge in [0.25, 0.3) is 0 Å². The number of ether oxygens (including phenoxy) is 1. The number of hydrogen-bond donors (Lipinski definition) is 1. The maximum atomic E-state index is 11.3. The van der Waals surface area contributed by atoms with Gasteiger partial charge in [-0.2, -0.15) is 4.98 Å². The van der Waals surface area contributed by atoms with Gasteiger partial charge in [-0.15, -0.1) is 0 Å². The molecule has 0 aliphatic rings. The molecule has 25 heavy (non-hydrogen) atoms. The van der Waals surface area contributed by atoms with Gasteiger partial charge in [0.05, 0.1) is 19.4 Å². The first-order chi connectivity index (χ1) is 12.2. The lowest BCUT2D eigenvalue weighted by atomic mass is 10.2. The Kier molecular flexibility index (Phi) is 5.26. The zero-order valence-electron chi connectivity index (χ0n) is 13.6. The summed E-state index contributed by atoms with van der Waals surface area (Å²) in [5, 5.41) is 7.06. The van der Waals surface area contributed by atoms with E-state index < -0.39 is 0 Å². The van der Waals surface area contributed by atoms with Crippen LogP contribution in [0.4, 0.5) is 5.69 Å². The summed E-state index contributed by atoms with van der Waals surface area (Å²) >= 11 is 0. The third-order valence-electron chi connectivity index (χ3n) is 3.26. The van der Waals surface area contributed by atoms with E-state index in [-0.39, 0.29) is 5.97 Å². The molecule has 0 atom stereocenters. The molecule has 1 N–H and O–H groups in total. The van der Waals surface area contributed by atoms with Crippen LogP contribution in [0.15, 0.2) is 57.7 Å². The van der Waals surface area contributed by atoms with Crippen molar-refractivity contribution >= 4 is 17.7 Å². The van der Waals surface area contributed by atoms with Gasteiger partial charge >= 0.3 is 5.97 Å². The topological polar surface area (TPSA) is 90.4 Å². The largest absolute Gasteiger partial charge is 0.463 e. The van der Waals surface area contributed by atoms with Gasteiger partial charge in [-0.3, -0.25) is 0 Å². The number of esters is 1. The molecule has 0 radical (unpaired) electrons. The van der Waals surface area contributed by atoms with Crippen LogP contribution in [0.3, 0.4) is 0 Å². The van der Waals surface area contributed by atoms with Crippen molar-refractivity contribution in [1.82, 2.24) is 10.1 Å². The average Bonchev–Trinajstić information content (AvgIpc) is 3.30. The van der Waals surface area contributed by atoms with Crippen LogP contribution in [0, 0.1) is 0 Å². The number of rotatable bonds is 7. The summed E-state index contributed by atoms with van der Waals surface area (Å²) in [6, 6.07) is 11.1. The highest BCUT2D eigenvalue weighted by Crippen LogP contribution is 2.17. The molecule has 2 heterocycles. The third-order valence-corrected chi connectivity index (χ3v) is 3.26. The van der Waals surface area contributed by atoms with Crippen molar-refractivity contribution in [2.75, 3.05) is 11.9 Å². The van der Waals surface area contributed by atoms with E-state index in [0.29, 0.717) is 30.6 Å². The smallest absolute Gasteiger partial charge is 0.330 e. The van der Waals surface area contributed by atoms with Crippen molar-refractivity contribution in [3.05, 3.63) is 60.2 Å². The van der Waals surface area contributed by atoms with E-state index in [9.17, 15) is 4.79 Å². The first-order valence-electron chi connectivity index (χ1n) is 7.80. The number of furan rings is 1. The van der Waals surface area contributed by atoms with Gasteiger partial charge in [0.2, 0.25) is 11.7 Å². The predicted molar refractivity (Wildman–Crippen MR) is 91.4 cm³/mol. The number of carbonyl (C=O) groups excluding carboxylic acids is 1. The van der Waals surface area contributed by atoms with Gasteiger partial charge in [0, 0.05) is 11.8 Å². The standard InChI is InChI=1S/C18H17N3O4/c1-2-23-17(22)10-7-13-5-8-14(9-6-13)19-12-16-20-18(21-25-16)15-4-3-11-24-15/h3-11,19H,2,12H2,1H3/b10-7+. The number of nitrogens with one attached hydrogen (secondary N) is 1. The van der Waals surface area contributed by atoms with Crippen molar-refractivity contribution in [1.29, 1.82) is 0 Å². The number of carbonyl (C=O) groups is 1. The van der Waals surface area contributed by atoms with Crippen molar-refractivity contribution in [2.24, 2.45) is 0 Å². The summed E-state index contributed by atoms with van der Waals surface area (Å²) in [4.78, 5) is 15.5. The molecule has 0 saturated heterocycles. The molecule has 1 aromatic carbocycles. The molecule has 0 spiro atoms. The Hall–Kier alpha value is -3.35. The van der Waals surface area contributed by atoms with Crippen molar-refractivity contribution in [2.45, 2.75) is 13.5 Å². The van der Waals surface area contributed by atoms with Gasteiger partial charge in [0.1, 0.15) is 0 Å². The Balaban J connectivity index is 1.54. The quantitative estimate of drug-likeness (QED) is 0.520. The van der Waals surface area contributed by atoms with Crippen LogP contribution >= 0.6 is 0 Å². The number of benzene rings is 1.